The molecule has 1 unspecified atom stereocenters. The Bertz CT molecular complexity index is 337. The van der Waals surface area contributed by atoms with Gasteiger partial charge < -0.3 is 10.1 Å². The Kier molecular flexibility index (Phi) is 8.19. The van der Waals surface area contributed by atoms with Gasteiger partial charge in [-0.05, 0) is 43.2 Å². The second kappa shape index (κ2) is 9.40. The van der Waals surface area contributed by atoms with Crippen LogP contribution in [0.25, 0.3) is 0 Å². The van der Waals surface area contributed by atoms with Crippen LogP contribution in [-0.2, 0) is 4.74 Å². The number of hydrogen-bond donors (Lipinski definition) is 1. The molecule has 2 nitrogen and oxygen atoms in total. The highest BCUT2D eigenvalue weighted by Gasteiger charge is 2.04. The molecule has 1 atom stereocenters. The van der Waals surface area contributed by atoms with Crippen LogP contribution in [0.2, 0.25) is 0 Å². The van der Waals surface area contributed by atoms with E-state index in [1.54, 1.807) is 11.8 Å². The maximum absolute atomic E-state index is 5.60. The van der Waals surface area contributed by atoms with Crippen LogP contribution in [0.3, 0.4) is 0 Å². The zero-order valence-corrected chi connectivity index (χ0v) is 13.4. The van der Waals surface area contributed by atoms with Crippen molar-refractivity contribution in [3.63, 3.8) is 0 Å². The predicted octanol–water partition coefficient (Wildman–Crippen LogP) is 4.12. The molecule has 0 aliphatic heterocycles. The lowest BCUT2D eigenvalue weighted by Crippen LogP contribution is -2.23. The number of nitrogens with one attached hydrogen (secondary N) is 1. The summed E-state index contributed by atoms with van der Waals surface area (Å²) in [5.74, 6) is 0.724. The van der Waals surface area contributed by atoms with Crippen molar-refractivity contribution < 1.29 is 4.74 Å². The van der Waals surface area contributed by atoms with Gasteiger partial charge in [-0.15, -0.1) is 11.8 Å². The SMILES string of the molecule is CSc1ccc(C(C)NCCOCCC(C)C)cc1. The lowest BCUT2D eigenvalue weighted by atomic mass is 10.1. The van der Waals surface area contributed by atoms with E-state index in [0.717, 1.165) is 32.1 Å². The Morgan fingerprint density at radius 3 is 2.37 bits per heavy atom. The largest absolute Gasteiger partial charge is 0.380 e. The fourth-order valence-corrected chi connectivity index (χ4v) is 2.19. The summed E-state index contributed by atoms with van der Waals surface area (Å²) < 4.78 is 5.60. The molecule has 0 aliphatic carbocycles. The third-order valence-electron chi connectivity index (χ3n) is 3.15. The van der Waals surface area contributed by atoms with E-state index in [1.807, 2.05) is 0 Å². The number of ether oxygens (including phenoxy) is 1. The van der Waals surface area contributed by atoms with Gasteiger partial charge in [0.05, 0.1) is 6.61 Å². The van der Waals surface area contributed by atoms with E-state index >= 15 is 0 Å². The van der Waals surface area contributed by atoms with Crippen molar-refractivity contribution in [2.24, 2.45) is 5.92 Å². The first-order valence-corrected chi connectivity index (χ1v) is 8.31. The Balaban J connectivity index is 2.17. The van der Waals surface area contributed by atoms with E-state index in [1.165, 1.54) is 10.5 Å². The van der Waals surface area contributed by atoms with Crippen LogP contribution >= 0.6 is 11.8 Å². The van der Waals surface area contributed by atoms with Crippen molar-refractivity contribution in [2.45, 2.75) is 38.1 Å². The van der Waals surface area contributed by atoms with Crippen LogP contribution in [-0.4, -0.2) is 26.0 Å². The van der Waals surface area contributed by atoms with Crippen molar-refractivity contribution in [3.05, 3.63) is 29.8 Å². The minimum atomic E-state index is 0.379. The molecule has 0 saturated carbocycles. The molecule has 1 aromatic carbocycles. The molecule has 1 N–H and O–H groups in total. The van der Waals surface area contributed by atoms with Gasteiger partial charge in [-0.1, -0.05) is 26.0 Å². The van der Waals surface area contributed by atoms with E-state index in [2.05, 4.69) is 56.6 Å². The summed E-state index contributed by atoms with van der Waals surface area (Å²) in [6, 6.07) is 9.13. The molecule has 0 amide bonds. The summed E-state index contributed by atoms with van der Waals surface area (Å²) in [7, 11) is 0. The van der Waals surface area contributed by atoms with Gasteiger partial charge in [-0.3, -0.25) is 0 Å². The quantitative estimate of drug-likeness (QED) is 0.543. The summed E-state index contributed by atoms with van der Waals surface area (Å²) in [4.78, 5) is 1.31. The Morgan fingerprint density at radius 1 is 1.11 bits per heavy atom. The van der Waals surface area contributed by atoms with Crippen molar-refractivity contribution in [3.8, 4) is 0 Å². The molecule has 3 heteroatoms. The first-order valence-electron chi connectivity index (χ1n) is 7.08. The molecule has 0 fully saturated rings. The molecule has 0 spiro atoms. The molecule has 0 heterocycles. The maximum Gasteiger partial charge on any atom is 0.0591 e. The second-order valence-corrected chi connectivity index (χ2v) is 6.12. The summed E-state index contributed by atoms with van der Waals surface area (Å²) in [5.41, 5.74) is 1.33. The van der Waals surface area contributed by atoms with Gasteiger partial charge in [-0.25, -0.2) is 0 Å². The van der Waals surface area contributed by atoms with Crippen molar-refractivity contribution >= 4 is 11.8 Å². The topological polar surface area (TPSA) is 21.3 Å². The monoisotopic (exact) mass is 281 g/mol. The first-order chi connectivity index (χ1) is 9.13. The van der Waals surface area contributed by atoms with Crippen molar-refractivity contribution in [2.75, 3.05) is 26.0 Å². The number of rotatable bonds is 9. The van der Waals surface area contributed by atoms with Gasteiger partial charge in [-0.2, -0.15) is 0 Å². The molecule has 1 aromatic rings. The van der Waals surface area contributed by atoms with Crippen LogP contribution < -0.4 is 5.32 Å². The summed E-state index contributed by atoms with van der Waals surface area (Å²) >= 11 is 1.78. The highest BCUT2D eigenvalue weighted by atomic mass is 32.2. The molecule has 0 bridgehead atoms. The van der Waals surface area contributed by atoms with E-state index in [0.29, 0.717) is 6.04 Å². The number of benzene rings is 1. The molecule has 0 radical (unpaired) electrons. The Morgan fingerprint density at radius 2 is 1.79 bits per heavy atom. The molecule has 0 aromatic heterocycles. The van der Waals surface area contributed by atoms with E-state index < -0.39 is 0 Å². The molecule has 108 valence electrons. The zero-order chi connectivity index (χ0) is 14.1. The van der Waals surface area contributed by atoms with Crippen molar-refractivity contribution in [1.29, 1.82) is 0 Å². The standard InChI is InChI=1S/C16H27NOS/c1-13(2)9-11-18-12-10-17-14(3)15-5-7-16(19-4)8-6-15/h5-8,13-14,17H,9-12H2,1-4H3. The van der Waals surface area contributed by atoms with Gasteiger partial charge in [0.1, 0.15) is 0 Å². The van der Waals surface area contributed by atoms with Crippen LogP contribution in [0.4, 0.5) is 0 Å². The van der Waals surface area contributed by atoms with Crippen LogP contribution in [0.15, 0.2) is 29.2 Å². The lowest BCUT2D eigenvalue weighted by molar-refractivity contribution is 0.123. The molecule has 0 aliphatic rings. The third kappa shape index (κ3) is 7.00. The van der Waals surface area contributed by atoms with Gasteiger partial charge in [0.2, 0.25) is 0 Å². The normalized spacial score (nSPS) is 12.9. The van der Waals surface area contributed by atoms with E-state index in [4.69, 9.17) is 4.74 Å². The smallest absolute Gasteiger partial charge is 0.0591 e. The fraction of sp³-hybridized carbons (Fsp3) is 0.625. The first kappa shape index (κ1) is 16.5. The van der Waals surface area contributed by atoms with E-state index in [9.17, 15) is 0 Å². The minimum Gasteiger partial charge on any atom is -0.380 e. The number of thioether (sulfide) groups is 1. The number of hydrogen-bond acceptors (Lipinski definition) is 3. The minimum absolute atomic E-state index is 0.379. The molecule has 19 heavy (non-hydrogen) atoms. The predicted molar refractivity (Wildman–Crippen MR) is 84.9 cm³/mol. The highest BCUT2D eigenvalue weighted by Crippen LogP contribution is 2.18. The zero-order valence-electron chi connectivity index (χ0n) is 12.6. The fourth-order valence-electron chi connectivity index (χ4n) is 1.78. The van der Waals surface area contributed by atoms with Crippen LogP contribution in [0.1, 0.15) is 38.8 Å². The third-order valence-corrected chi connectivity index (χ3v) is 3.90. The van der Waals surface area contributed by atoms with E-state index in [-0.39, 0.29) is 0 Å². The average molecular weight is 281 g/mol. The van der Waals surface area contributed by atoms with Gasteiger partial charge in [0, 0.05) is 24.1 Å². The van der Waals surface area contributed by atoms with Crippen molar-refractivity contribution in [1.82, 2.24) is 5.32 Å². The summed E-state index contributed by atoms with van der Waals surface area (Å²) in [6.07, 6.45) is 3.25. The van der Waals surface area contributed by atoms with Crippen LogP contribution in [0, 0.1) is 5.92 Å². The van der Waals surface area contributed by atoms with Gasteiger partial charge >= 0.3 is 0 Å². The molecule has 0 saturated heterocycles. The maximum atomic E-state index is 5.60. The summed E-state index contributed by atoms with van der Waals surface area (Å²) in [6.45, 7) is 9.21. The van der Waals surface area contributed by atoms with Gasteiger partial charge in [0.25, 0.3) is 0 Å². The van der Waals surface area contributed by atoms with Crippen LogP contribution in [0.5, 0.6) is 0 Å². The second-order valence-electron chi connectivity index (χ2n) is 5.24. The van der Waals surface area contributed by atoms with Gasteiger partial charge in [0.15, 0.2) is 0 Å². The Labute approximate surface area is 122 Å². The average Bonchev–Trinajstić information content (AvgIpc) is 2.42. The molecular formula is C16H27NOS. The summed E-state index contributed by atoms with van der Waals surface area (Å²) in [5, 5.41) is 3.49. The lowest BCUT2D eigenvalue weighted by Gasteiger charge is -2.15. The molecular weight excluding hydrogens is 254 g/mol. The highest BCUT2D eigenvalue weighted by molar-refractivity contribution is 7.98. The molecule has 1 rings (SSSR count). The Hall–Kier alpha value is -0.510.